The van der Waals surface area contributed by atoms with E-state index in [2.05, 4.69) is 65.5 Å². The second kappa shape index (κ2) is 4.77. The summed E-state index contributed by atoms with van der Waals surface area (Å²) in [4.78, 5) is 13.6. The van der Waals surface area contributed by atoms with Crippen molar-refractivity contribution in [1.82, 2.24) is 15.2 Å². The quantitative estimate of drug-likeness (QED) is 0.675. The minimum Gasteiger partial charge on any atom is -0.324 e. The number of fused-ring (bicyclic) bond motifs is 1. The van der Waals surface area contributed by atoms with Gasteiger partial charge < -0.3 is 5.32 Å². The molecule has 0 amide bonds. The van der Waals surface area contributed by atoms with Gasteiger partial charge in [-0.05, 0) is 33.9 Å². The van der Waals surface area contributed by atoms with Crippen LogP contribution < -0.4 is 11.0 Å². The maximum absolute atomic E-state index is 11.0. The molecule has 0 aliphatic rings. The van der Waals surface area contributed by atoms with Crippen molar-refractivity contribution in [3.05, 3.63) is 52.4 Å². The van der Waals surface area contributed by atoms with Gasteiger partial charge in [0.2, 0.25) is 5.95 Å². The predicted molar refractivity (Wildman–Crippen MR) is 85.1 cm³/mol. The molecule has 1 aromatic heterocycles. The van der Waals surface area contributed by atoms with Crippen molar-refractivity contribution in [1.29, 1.82) is 0 Å². The van der Waals surface area contributed by atoms with Crippen LogP contribution in [0.15, 0.2) is 41.2 Å². The lowest BCUT2D eigenvalue weighted by Crippen LogP contribution is -2.10. The smallest absolute Gasteiger partial charge is 0.324 e. The van der Waals surface area contributed by atoms with Crippen LogP contribution in [0.3, 0.4) is 0 Å². The summed E-state index contributed by atoms with van der Waals surface area (Å²) in [5.74, 6) is 0.408. The average Bonchev–Trinajstić information content (AvgIpc) is 2.82. The fourth-order valence-corrected chi connectivity index (χ4v) is 2.26. The summed E-state index contributed by atoms with van der Waals surface area (Å²) in [5.41, 5.74) is 2.01. The van der Waals surface area contributed by atoms with Crippen molar-refractivity contribution in [2.75, 3.05) is 5.32 Å². The Labute approximate surface area is 122 Å². The van der Waals surface area contributed by atoms with E-state index in [1.165, 1.54) is 10.9 Å². The summed E-state index contributed by atoms with van der Waals surface area (Å²) >= 11 is 0. The number of anilines is 2. The normalized spacial score (nSPS) is 11.8. The van der Waals surface area contributed by atoms with Crippen molar-refractivity contribution in [2.45, 2.75) is 26.2 Å². The van der Waals surface area contributed by atoms with E-state index >= 15 is 0 Å². The zero-order valence-electron chi connectivity index (χ0n) is 12.3. The van der Waals surface area contributed by atoms with E-state index in [4.69, 9.17) is 0 Å². The maximum atomic E-state index is 11.0. The number of hydrogen-bond acceptors (Lipinski definition) is 3. The molecule has 0 bridgehead atoms. The zero-order chi connectivity index (χ0) is 15.0. The number of hydrogen-bond donors (Lipinski definition) is 3. The molecule has 0 saturated heterocycles. The minimum absolute atomic E-state index is 0.139. The highest BCUT2D eigenvalue weighted by Crippen LogP contribution is 2.27. The predicted octanol–water partition coefficient (Wildman–Crippen LogP) is 3.29. The summed E-state index contributed by atoms with van der Waals surface area (Å²) in [6.07, 6.45) is 0. The van der Waals surface area contributed by atoms with Crippen molar-refractivity contribution in [2.24, 2.45) is 0 Å². The molecule has 0 aliphatic heterocycles. The van der Waals surface area contributed by atoms with Crippen molar-refractivity contribution < 1.29 is 0 Å². The summed E-state index contributed by atoms with van der Waals surface area (Å²) < 4.78 is 0. The highest BCUT2D eigenvalue weighted by Gasteiger charge is 2.13. The highest BCUT2D eigenvalue weighted by atomic mass is 16.1. The van der Waals surface area contributed by atoms with E-state index in [0.29, 0.717) is 5.95 Å². The molecule has 1 heterocycles. The fraction of sp³-hybridized carbons (Fsp3) is 0.250. The van der Waals surface area contributed by atoms with Gasteiger partial charge in [0.25, 0.3) is 0 Å². The maximum Gasteiger partial charge on any atom is 0.342 e. The molecule has 0 saturated carbocycles. The molecule has 0 atom stereocenters. The molecule has 3 aromatic rings. The van der Waals surface area contributed by atoms with Crippen molar-refractivity contribution in [3.63, 3.8) is 0 Å². The Morgan fingerprint density at radius 1 is 1.05 bits per heavy atom. The van der Waals surface area contributed by atoms with E-state index < -0.39 is 0 Å². The number of benzene rings is 2. The van der Waals surface area contributed by atoms with Crippen LogP contribution in [0.2, 0.25) is 0 Å². The molecule has 0 fully saturated rings. The standard InChI is InChI=1S/C16H18N4O/c1-16(2,3)12-6-4-11-9-13(7-5-10(11)8-12)17-14-18-15(21)20-19-14/h4-9H,1-3H3,(H3,17,18,19,20,21). The lowest BCUT2D eigenvalue weighted by Gasteiger charge is -2.19. The Morgan fingerprint density at radius 3 is 2.43 bits per heavy atom. The van der Waals surface area contributed by atoms with E-state index in [0.717, 1.165) is 11.1 Å². The third-order valence-electron chi connectivity index (χ3n) is 3.47. The minimum atomic E-state index is -0.326. The lowest BCUT2D eigenvalue weighted by atomic mass is 9.86. The van der Waals surface area contributed by atoms with Crippen LogP contribution in [0, 0.1) is 0 Å². The van der Waals surface area contributed by atoms with E-state index in [9.17, 15) is 4.79 Å². The highest BCUT2D eigenvalue weighted by molar-refractivity contribution is 5.87. The third kappa shape index (κ3) is 2.81. The van der Waals surface area contributed by atoms with Crippen molar-refractivity contribution in [3.8, 4) is 0 Å². The number of nitrogens with zero attached hydrogens (tertiary/aromatic N) is 1. The first-order valence-electron chi connectivity index (χ1n) is 6.88. The first kappa shape index (κ1) is 13.4. The van der Waals surface area contributed by atoms with E-state index in [1.807, 2.05) is 12.1 Å². The number of nitrogens with one attached hydrogen (secondary N) is 3. The van der Waals surface area contributed by atoms with Crippen LogP contribution in [0.25, 0.3) is 10.8 Å². The lowest BCUT2D eigenvalue weighted by molar-refractivity contribution is 0.591. The van der Waals surface area contributed by atoms with Gasteiger partial charge in [-0.3, -0.25) is 4.98 Å². The van der Waals surface area contributed by atoms with Gasteiger partial charge in [0.05, 0.1) is 0 Å². The summed E-state index contributed by atoms with van der Waals surface area (Å²) in [6.45, 7) is 6.62. The fourth-order valence-electron chi connectivity index (χ4n) is 2.26. The first-order valence-corrected chi connectivity index (χ1v) is 6.88. The van der Waals surface area contributed by atoms with Gasteiger partial charge in [-0.1, -0.05) is 45.0 Å². The molecule has 0 unspecified atom stereocenters. The van der Waals surface area contributed by atoms with Gasteiger partial charge >= 0.3 is 5.69 Å². The Balaban J connectivity index is 1.95. The topological polar surface area (TPSA) is 73.6 Å². The first-order chi connectivity index (χ1) is 9.91. The van der Waals surface area contributed by atoms with Crippen LogP contribution in [-0.4, -0.2) is 15.2 Å². The monoisotopic (exact) mass is 282 g/mol. The molecular formula is C16H18N4O. The third-order valence-corrected chi connectivity index (χ3v) is 3.47. The van der Waals surface area contributed by atoms with Gasteiger partial charge in [-0.25, -0.2) is 9.89 Å². The molecular weight excluding hydrogens is 264 g/mol. The Bertz CT molecular complexity index is 839. The second-order valence-electron chi connectivity index (χ2n) is 6.18. The molecule has 21 heavy (non-hydrogen) atoms. The van der Waals surface area contributed by atoms with Gasteiger partial charge in [-0.15, -0.1) is 5.10 Å². The van der Waals surface area contributed by atoms with Gasteiger partial charge in [-0.2, -0.15) is 0 Å². The SMILES string of the molecule is CC(C)(C)c1ccc2cc(Nc3n[nH]c(=O)[nH]3)ccc2c1. The molecule has 5 heteroatoms. The Morgan fingerprint density at radius 2 is 1.76 bits per heavy atom. The van der Waals surface area contributed by atoms with Crippen molar-refractivity contribution >= 4 is 22.4 Å². The number of rotatable bonds is 2. The number of H-pyrrole nitrogens is 2. The molecule has 0 aliphatic carbocycles. The van der Waals surface area contributed by atoms with Crippen LogP contribution in [0.5, 0.6) is 0 Å². The summed E-state index contributed by atoms with van der Waals surface area (Å²) in [5, 5.41) is 11.6. The molecule has 5 nitrogen and oxygen atoms in total. The van der Waals surface area contributed by atoms with Gasteiger partial charge in [0, 0.05) is 5.69 Å². The van der Waals surface area contributed by atoms with Crippen LogP contribution in [-0.2, 0) is 5.41 Å². The van der Waals surface area contributed by atoms with E-state index in [1.54, 1.807) is 0 Å². The number of aromatic nitrogens is 3. The second-order valence-corrected chi connectivity index (χ2v) is 6.18. The van der Waals surface area contributed by atoms with Crippen LogP contribution in [0.1, 0.15) is 26.3 Å². The van der Waals surface area contributed by atoms with Crippen LogP contribution >= 0.6 is 0 Å². The molecule has 3 rings (SSSR count). The largest absolute Gasteiger partial charge is 0.342 e. The molecule has 3 N–H and O–H groups in total. The average molecular weight is 282 g/mol. The van der Waals surface area contributed by atoms with Crippen LogP contribution in [0.4, 0.5) is 11.6 Å². The van der Waals surface area contributed by atoms with Gasteiger partial charge in [0.1, 0.15) is 0 Å². The number of aromatic amines is 2. The molecule has 0 spiro atoms. The zero-order valence-corrected chi connectivity index (χ0v) is 12.3. The van der Waals surface area contributed by atoms with Gasteiger partial charge in [0.15, 0.2) is 0 Å². The molecule has 0 radical (unpaired) electrons. The summed E-state index contributed by atoms with van der Waals surface area (Å²) in [7, 11) is 0. The summed E-state index contributed by atoms with van der Waals surface area (Å²) in [6, 6.07) is 12.6. The molecule has 2 aromatic carbocycles. The van der Waals surface area contributed by atoms with E-state index in [-0.39, 0.29) is 11.1 Å². The molecule has 108 valence electrons. The Hall–Kier alpha value is -2.56. The Kier molecular flexibility index (Phi) is 3.05.